The minimum atomic E-state index is 0.0992. The van der Waals surface area contributed by atoms with Crippen molar-refractivity contribution in [2.24, 2.45) is 5.73 Å². The average molecular weight is 325 g/mol. The Hall–Kier alpha value is -0.830. The van der Waals surface area contributed by atoms with Crippen LogP contribution in [0.4, 0.5) is 0 Å². The molecular formula is C15H15BrClN. The van der Waals surface area contributed by atoms with E-state index in [0.717, 1.165) is 27.9 Å². The Balaban J connectivity index is 2.03. The Morgan fingerprint density at radius 2 is 1.78 bits per heavy atom. The predicted octanol–water partition coefficient (Wildman–Crippen LogP) is 4.22. The van der Waals surface area contributed by atoms with Crippen LogP contribution >= 0.6 is 27.5 Å². The zero-order valence-electron chi connectivity index (χ0n) is 9.94. The first-order valence-corrected chi connectivity index (χ1v) is 7.05. The summed E-state index contributed by atoms with van der Waals surface area (Å²) < 4.78 is 1.07. The van der Waals surface area contributed by atoms with Gasteiger partial charge >= 0.3 is 0 Å². The van der Waals surface area contributed by atoms with Crippen LogP contribution in [0.1, 0.15) is 11.1 Å². The van der Waals surface area contributed by atoms with Gasteiger partial charge in [0.1, 0.15) is 0 Å². The molecule has 0 aromatic heterocycles. The van der Waals surface area contributed by atoms with Crippen LogP contribution in [-0.2, 0) is 12.8 Å². The van der Waals surface area contributed by atoms with Crippen LogP contribution in [0.15, 0.2) is 53.0 Å². The lowest BCUT2D eigenvalue weighted by Crippen LogP contribution is -2.25. The highest BCUT2D eigenvalue weighted by molar-refractivity contribution is 9.10. The summed E-state index contributed by atoms with van der Waals surface area (Å²) in [5.74, 6) is 0. The molecule has 0 amide bonds. The summed E-state index contributed by atoms with van der Waals surface area (Å²) in [4.78, 5) is 0. The summed E-state index contributed by atoms with van der Waals surface area (Å²) >= 11 is 9.53. The second-order valence-corrected chi connectivity index (χ2v) is 5.68. The number of hydrogen-bond acceptors (Lipinski definition) is 1. The fraction of sp³-hybridized carbons (Fsp3) is 0.200. The molecule has 2 aromatic rings. The number of rotatable bonds is 4. The number of nitrogens with two attached hydrogens (primary N) is 1. The SMILES string of the molecule is NC(Cc1ccccc1)Cc1cc(Cl)ccc1Br. The molecule has 0 saturated carbocycles. The summed E-state index contributed by atoms with van der Waals surface area (Å²) in [5.41, 5.74) is 8.62. The molecular weight excluding hydrogens is 310 g/mol. The van der Waals surface area contributed by atoms with E-state index in [0.29, 0.717) is 0 Å². The van der Waals surface area contributed by atoms with E-state index < -0.39 is 0 Å². The summed E-state index contributed by atoms with van der Waals surface area (Å²) in [6, 6.07) is 16.2. The molecule has 0 aliphatic rings. The maximum absolute atomic E-state index is 6.19. The lowest BCUT2D eigenvalue weighted by Gasteiger charge is -2.13. The first-order valence-electron chi connectivity index (χ1n) is 5.88. The zero-order chi connectivity index (χ0) is 13.0. The molecule has 0 aliphatic carbocycles. The van der Waals surface area contributed by atoms with Gasteiger partial charge in [0.15, 0.2) is 0 Å². The fourth-order valence-electron chi connectivity index (χ4n) is 1.97. The van der Waals surface area contributed by atoms with E-state index in [1.165, 1.54) is 5.56 Å². The molecule has 18 heavy (non-hydrogen) atoms. The van der Waals surface area contributed by atoms with Crippen molar-refractivity contribution >= 4 is 27.5 Å². The standard InChI is InChI=1S/C15H15BrClN/c16-15-7-6-13(17)9-12(15)10-14(18)8-11-4-2-1-3-5-11/h1-7,9,14H,8,10,18H2. The van der Waals surface area contributed by atoms with Gasteiger partial charge in [0.05, 0.1) is 0 Å². The third-order valence-electron chi connectivity index (χ3n) is 2.83. The van der Waals surface area contributed by atoms with Gasteiger partial charge in [-0.25, -0.2) is 0 Å². The van der Waals surface area contributed by atoms with Gasteiger partial charge in [0.25, 0.3) is 0 Å². The summed E-state index contributed by atoms with van der Waals surface area (Å²) in [5, 5.41) is 0.750. The molecule has 0 bridgehead atoms. The van der Waals surface area contributed by atoms with Crippen molar-refractivity contribution in [3.63, 3.8) is 0 Å². The van der Waals surface area contributed by atoms with E-state index in [9.17, 15) is 0 Å². The monoisotopic (exact) mass is 323 g/mol. The van der Waals surface area contributed by atoms with Crippen LogP contribution < -0.4 is 5.73 Å². The van der Waals surface area contributed by atoms with Crippen molar-refractivity contribution in [2.75, 3.05) is 0 Å². The maximum atomic E-state index is 6.19. The van der Waals surface area contributed by atoms with Crippen LogP contribution in [0.5, 0.6) is 0 Å². The first-order chi connectivity index (χ1) is 8.65. The highest BCUT2D eigenvalue weighted by Crippen LogP contribution is 2.22. The number of benzene rings is 2. The molecule has 0 fully saturated rings. The van der Waals surface area contributed by atoms with Crippen LogP contribution in [0.2, 0.25) is 5.02 Å². The summed E-state index contributed by atoms with van der Waals surface area (Å²) in [7, 11) is 0. The van der Waals surface area contributed by atoms with Gasteiger partial charge in [-0.2, -0.15) is 0 Å². The molecule has 94 valence electrons. The van der Waals surface area contributed by atoms with Gasteiger partial charge < -0.3 is 5.73 Å². The van der Waals surface area contributed by atoms with Crippen LogP contribution in [0.25, 0.3) is 0 Å². The normalized spacial score (nSPS) is 12.4. The van der Waals surface area contributed by atoms with E-state index in [1.54, 1.807) is 0 Å². The van der Waals surface area contributed by atoms with Crippen molar-refractivity contribution in [2.45, 2.75) is 18.9 Å². The van der Waals surface area contributed by atoms with E-state index in [1.807, 2.05) is 36.4 Å². The third kappa shape index (κ3) is 3.84. The van der Waals surface area contributed by atoms with E-state index in [4.69, 9.17) is 17.3 Å². The lowest BCUT2D eigenvalue weighted by atomic mass is 10.00. The molecule has 3 heteroatoms. The van der Waals surface area contributed by atoms with E-state index >= 15 is 0 Å². The van der Waals surface area contributed by atoms with Crippen molar-refractivity contribution in [1.29, 1.82) is 0 Å². The second-order valence-electron chi connectivity index (χ2n) is 4.39. The Labute approximate surface area is 121 Å². The van der Waals surface area contributed by atoms with Crippen molar-refractivity contribution in [3.05, 3.63) is 69.2 Å². The quantitative estimate of drug-likeness (QED) is 0.895. The number of hydrogen-bond donors (Lipinski definition) is 1. The Morgan fingerprint density at radius 1 is 1.06 bits per heavy atom. The van der Waals surface area contributed by atoms with Gasteiger partial charge in [0.2, 0.25) is 0 Å². The molecule has 0 saturated heterocycles. The van der Waals surface area contributed by atoms with E-state index in [-0.39, 0.29) is 6.04 Å². The number of halogens is 2. The molecule has 1 atom stereocenters. The van der Waals surface area contributed by atoms with Crippen molar-refractivity contribution < 1.29 is 0 Å². The molecule has 0 aliphatic heterocycles. The van der Waals surface area contributed by atoms with Crippen LogP contribution in [0, 0.1) is 0 Å². The third-order valence-corrected chi connectivity index (χ3v) is 3.84. The van der Waals surface area contributed by atoms with Gasteiger partial charge in [-0.3, -0.25) is 0 Å². The van der Waals surface area contributed by atoms with Gasteiger partial charge in [-0.05, 0) is 42.2 Å². The molecule has 0 heterocycles. The van der Waals surface area contributed by atoms with Crippen LogP contribution in [0.3, 0.4) is 0 Å². The second kappa shape index (κ2) is 6.37. The Bertz CT molecular complexity index is 513. The molecule has 0 radical (unpaired) electrons. The van der Waals surface area contributed by atoms with E-state index in [2.05, 4.69) is 28.1 Å². The summed E-state index contributed by atoms with van der Waals surface area (Å²) in [6.07, 6.45) is 1.69. The van der Waals surface area contributed by atoms with Crippen LogP contribution in [-0.4, -0.2) is 6.04 Å². The average Bonchev–Trinajstić information content (AvgIpc) is 2.35. The molecule has 2 aromatic carbocycles. The maximum Gasteiger partial charge on any atom is 0.0409 e. The zero-order valence-corrected chi connectivity index (χ0v) is 12.3. The Kier molecular flexibility index (Phi) is 4.81. The van der Waals surface area contributed by atoms with Crippen molar-refractivity contribution in [1.82, 2.24) is 0 Å². The Morgan fingerprint density at radius 3 is 2.50 bits per heavy atom. The minimum Gasteiger partial charge on any atom is -0.327 e. The first kappa shape index (κ1) is 13.6. The molecule has 2 N–H and O–H groups in total. The largest absolute Gasteiger partial charge is 0.327 e. The smallest absolute Gasteiger partial charge is 0.0409 e. The lowest BCUT2D eigenvalue weighted by molar-refractivity contribution is 0.663. The molecule has 1 unspecified atom stereocenters. The fourth-order valence-corrected chi connectivity index (χ4v) is 2.57. The van der Waals surface area contributed by atoms with Crippen molar-refractivity contribution in [3.8, 4) is 0 Å². The van der Waals surface area contributed by atoms with Gasteiger partial charge in [-0.15, -0.1) is 0 Å². The molecule has 0 spiro atoms. The highest BCUT2D eigenvalue weighted by atomic mass is 79.9. The van der Waals surface area contributed by atoms with Gasteiger partial charge in [-0.1, -0.05) is 57.9 Å². The summed E-state index contributed by atoms with van der Waals surface area (Å²) in [6.45, 7) is 0. The highest BCUT2D eigenvalue weighted by Gasteiger charge is 2.08. The molecule has 1 nitrogen and oxygen atoms in total. The minimum absolute atomic E-state index is 0.0992. The topological polar surface area (TPSA) is 26.0 Å². The molecule has 2 rings (SSSR count). The van der Waals surface area contributed by atoms with Gasteiger partial charge in [0, 0.05) is 15.5 Å². The predicted molar refractivity (Wildman–Crippen MR) is 81.0 cm³/mol.